The summed E-state index contributed by atoms with van der Waals surface area (Å²) in [6, 6.07) is 0. The van der Waals surface area contributed by atoms with E-state index in [-0.39, 0.29) is 32.7 Å². The Labute approximate surface area is 76.7 Å². The van der Waals surface area contributed by atoms with Crippen LogP contribution in [-0.4, -0.2) is 18.0 Å². The van der Waals surface area contributed by atoms with Crippen LogP contribution in [0.5, 0.6) is 0 Å². The molecule has 0 spiro atoms. The van der Waals surface area contributed by atoms with Gasteiger partial charge in [-0.1, -0.05) is 6.42 Å². The molecule has 1 fully saturated rings. The van der Waals surface area contributed by atoms with Crippen molar-refractivity contribution >= 4 is 0 Å². The zero-order valence-corrected chi connectivity index (χ0v) is 8.11. The molecule has 0 N–H and O–H groups in total. The first kappa shape index (κ1) is 9.06. The fraction of sp³-hybridized carbons (Fsp3) is 0.833. The Bertz CT molecular complexity index is 50.5. The Morgan fingerprint density at radius 2 is 1.50 bits per heavy atom. The molecule has 1 rings (SSSR count). The zero-order valence-electron chi connectivity index (χ0n) is 5.27. The molecule has 1 aliphatic heterocycles. The predicted molar refractivity (Wildman–Crippen MR) is 30.8 cm³/mol. The van der Waals surface area contributed by atoms with Crippen LogP contribution in [0.3, 0.4) is 0 Å². The van der Waals surface area contributed by atoms with Gasteiger partial charge in [0.25, 0.3) is 0 Å². The largest absolute Gasteiger partial charge is 0.459 e. The van der Waals surface area contributed by atoms with E-state index < -0.39 is 0 Å². The number of rotatable bonds is 0. The van der Waals surface area contributed by atoms with Crippen molar-refractivity contribution in [3.8, 4) is 0 Å². The molecule has 8 heavy (non-hydrogen) atoms. The summed E-state index contributed by atoms with van der Waals surface area (Å²) in [4.78, 5) is 2.14. The summed E-state index contributed by atoms with van der Waals surface area (Å²) in [6.07, 6.45) is 4.11. The maximum atomic E-state index is 3.83. The third-order valence-corrected chi connectivity index (χ3v) is 1.45. The van der Waals surface area contributed by atoms with E-state index in [2.05, 4.69) is 11.9 Å². The fourth-order valence-corrected chi connectivity index (χ4v) is 0.959. The molecule has 45 valence electrons. The molecule has 1 aliphatic rings. The molecular formula is C6H12NY-. The average Bonchev–Trinajstić information content (AvgIpc) is 1.69. The van der Waals surface area contributed by atoms with Crippen molar-refractivity contribution in [2.24, 2.45) is 0 Å². The topological polar surface area (TPSA) is 3.24 Å². The van der Waals surface area contributed by atoms with Crippen LogP contribution in [0.2, 0.25) is 0 Å². The number of nitrogens with zero attached hydrogens (tertiary/aromatic N) is 1. The molecule has 1 nitrogen and oxygen atoms in total. The van der Waals surface area contributed by atoms with Gasteiger partial charge in [-0.05, 0) is 25.9 Å². The maximum Gasteiger partial charge on any atom is 0 e. The van der Waals surface area contributed by atoms with Gasteiger partial charge in [-0.2, -0.15) is 0 Å². The van der Waals surface area contributed by atoms with Gasteiger partial charge in [-0.3, -0.25) is 7.05 Å². The van der Waals surface area contributed by atoms with Crippen LogP contribution in [-0.2, 0) is 32.7 Å². The van der Waals surface area contributed by atoms with Gasteiger partial charge in [0.1, 0.15) is 0 Å². The maximum absolute atomic E-state index is 3.83. The third-order valence-electron chi connectivity index (χ3n) is 1.45. The Balaban J connectivity index is 0.000000490. The second-order valence-corrected chi connectivity index (χ2v) is 2.18. The standard InChI is InChI=1S/C6H12N.Y/c1-7-5-3-2-4-6-7;/h1-6H2;/q-1;. The summed E-state index contributed by atoms with van der Waals surface area (Å²) >= 11 is 0. The molecule has 0 aromatic carbocycles. The minimum Gasteiger partial charge on any atom is -0.459 e. The van der Waals surface area contributed by atoms with E-state index in [4.69, 9.17) is 0 Å². The summed E-state index contributed by atoms with van der Waals surface area (Å²) in [5, 5.41) is 0. The van der Waals surface area contributed by atoms with Crippen molar-refractivity contribution in [1.29, 1.82) is 0 Å². The van der Waals surface area contributed by atoms with Crippen molar-refractivity contribution in [3.05, 3.63) is 7.05 Å². The molecule has 1 saturated heterocycles. The fourth-order valence-electron chi connectivity index (χ4n) is 0.959. The molecule has 1 heterocycles. The van der Waals surface area contributed by atoms with Gasteiger partial charge < -0.3 is 4.90 Å². The Kier molecular flexibility index (Phi) is 5.55. The van der Waals surface area contributed by atoms with Crippen molar-refractivity contribution in [1.82, 2.24) is 4.90 Å². The van der Waals surface area contributed by atoms with E-state index in [1.165, 1.54) is 32.4 Å². The van der Waals surface area contributed by atoms with Gasteiger partial charge in [0.2, 0.25) is 0 Å². The van der Waals surface area contributed by atoms with Crippen LogP contribution in [0.15, 0.2) is 0 Å². The summed E-state index contributed by atoms with van der Waals surface area (Å²) in [6.45, 7) is 2.42. The molecule has 0 atom stereocenters. The smallest absolute Gasteiger partial charge is 0 e. The second kappa shape index (κ2) is 4.90. The van der Waals surface area contributed by atoms with E-state index in [9.17, 15) is 0 Å². The molecule has 0 aromatic rings. The Morgan fingerprint density at radius 3 is 1.75 bits per heavy atom. The van der Waals surface area contributed by atoms with Gasteiger partial charge >= 0.3 is 0 Å². The number of likely N-dealkylation sites (tertiary alicyclic amines) is 1. The summed E-state index contributed by atoms with van der Waals surface area (Å²) in [5.74, 6) is 0. The first-order chi connectivity index (χ1) is 3.39. The molecule has 0 aliphatic carbocycles. The summed E-state index contributed by atoms with van der Waals surface area (Å²) < 4.78 is 0. The third kappa shape index (κ3) is 3.16. The minimum atomic E-state index is 0. The van der Waals surface area contributed by atoms with Gasteiger partial charge in [-0.25, -0.2) is 0 Å². The molecule has 2 heteroatoms. The second-order valence-electron chi connectivity index (χ2n) is 2.18. The van der Waals surface area contributed by atoms with Crippen molar-refractivity contribution < 1.29 is 32.7 Å². The molecule has 0 aromatic heterocycles. The van der Waals surface area contributed by atoms with Gasteiger partial charge in [-0.15, -0.1) is 0 Å². The first-order valence-electron chi connectivity index (χ1n) is 2.95. The monoisotopic (exact) mass is 187 g/mol. The zero-order chi connectivity index (χ0) is 5.11. The summed E-state index contributed by atoms with van der Waals surface area (Å²) in [5.41, 5.74) is 0. The number of hydrogen-bond acceptors (Lipinski definition) is 1. The van der Waals surface area contributed by atoms with Crippen LogP contribution >= 0.6 is 0 Å². The Hall–Kier alpha value is 1.06. The molecule has 0 saturated carbocycles. The van der Waals surface area contributed by atoms with Crippen LogP contribution in [0, 0.1) is 7.05 Å². The molecule has 1 radical (unpaired) electrons. The molecule has 0 unspecified atom stereocenters. The number of piperidine rings is 1. The number of hydrogen-bond donors (Lipinski definition) is 0. The van der Waals surface area contributed by atoms with E-state index in [1.807, 2.05) is 0 Å². The average molecular weight is 187 g/mol. The van der Waals surface area contributed by atoms with E-state index in [0.29, 0.717) is 0 Å². The Morgan fingerprint density at radius 1 is 1.00 bits per heavy atom. The van der Waals surface area contributed by atoms with Gasteiger partial charge in [0, 0.05) is 32.7 Å². The summed E-state index contributed by atoms with van der Waals surface area (Å²) in [7, 11) is 3.83. The van der Waals surface area contributed by atoms with E-state index in [1.54, 1.807) is 0 Å². The molecule has 0 amide bonds. The van der Waals surface area contributed by atoms with Crippen molar-refractivity contribution in [2.45, 2.75) is 19.3 Å². The molecule has 0 bridgehead atoms. The quantitative estimate of drug-likeness (QED) is 0.516. The SMILES string of the molecule is [CH2-]N1CCCCC1.[Y]. The van der Waals surface area contributed by atoms with Crippen LogP contribution in [0.4, 0.5) is 0 Å². The van der Waals surface area contributed by atoms with Gasteiger partial charge in [0.15, 0.2) is 0 Å². The van der Waals surface area contributed by atoms with Crippen molar-refractivity contribution in [3.63, 3.8) is 0 Å². The van der Waals surface area contributed by atoms with Crippen molar-refractivity contribution in [2.75, 3.05) is 13.1 Å². The predicted octanol–water partition coefficient (Wildman–Crippen LogP) is 1.26. The van der Waals surface area contributed by atoms with Crippen LogP contribution in [0.1, 0.15) is 19.3 Å². The molecular weight excluding hydrogens is 175 g/mol. The normalized spacial score (nSPS) is 22.1. The van der Waals surface area contributed by atoms with E-state index in [0.717, 1.165) is 0 Å². The van der Waals surface area contributed by atoms with Gasteiger partial charge in [0.05, 0.1) is 0 Å². The minimum absolute atomic E-state index is 0. The van der Waals surface area contributed by atoms with Crippen LogP contribution < -0.4 is 0 Å². The first-order valence-corrected chi connectivity index (χ1v) is 2.95. The van der Waals surface area contributed by atoms with Crippen LogP contribution in [0.25, 0.3) is 0 Å². The van der Waals surface area contributed by atoms with E-state index >= 15 is 0 Å².